The second kappa shape index (κ2) is 7.76. The summed E-state index contributed by atoms with van der Waals surface area (Å²) < 4.78 is 49.1. The molecule has 0 atom stereocenters. The van der Waals surface area contributed by atoms with E-state index in [0.29, 0.717) is 30.9 Å². The standard InChI is InChI=1S/C17H18F3NO2/c18-17(19,20)13-7-1-3-9-15(13)22-11-5-6-12-23-16-10-4-2-8-14(16)21/h1-4,7-10H,5-6,11-12,21H2. The molecule has 23 heavy (non-hydrogen) atoms. The second-order valence-electron chi connectivity index (χ2n) is 4.94. The molecule has 0 saturated heterocycles. The quantitative estimate of drug-likeness (QED) is 0.601. The molecule has 0 radical (unpaired) electrons. The molecule has 0 aliphatic rings. The molecule has 124 valence electrons. The lowest BCUT2D eigenvalue weighted by Gasteiger charge is -2.13. The molecule has 0 saturated carbocycles. The van der Waals surface area contributed by atoms with Gasteiger partial charge in [-0.05, 0) is 37.1 Å². The number of alkyl halides is 3. The summed E-state index contributed by atoms with van der Waals surface area (Å²) in [6.45, 7) is 0.624. The SMILES string of the molecule is Nc1ccccc1OCCCCOc1ccccc1C(F)(F)F. The summed E-state index contributed by atoms with van der Waals surface area (Å²) in [5, 5.41) is 0. The fraction of sp³-hybridized carbons (Fsp3) is 0.294. The molecule has 0 unspecified atom stereocenters. The minimum atomic E-state index is -4.41. The van der Waals surface area contributed by atoms with Crippen LogP contribution in [-0.2, 0) is 6.18 Å². The molecule has 0 bridgehead atoms. The van der Waals surface area contributed by atoms with Gasteiger partial charge < -0.3 is 15.2 Å². The van der Waals surface area contributed by atoms with E-state index in [2.05, 4.69) is 0 Å². The summed E-state index contributed by atoms with van der Waals surface area (Å²) in [5.41, 5.74) is 5.54. The summed E-state index contributed by atoms with van der Waals surface area (Å²) in [6, 6.07) is 12.3. The lowest BCUT2D eigenvalue weighted by molar-refractivity contribution is -0.138. The lowest BCUT2D eigenvalue weighted by Crippen LogP contribution is -2.09. The number of rotatable bonds is 7. The van der Waals surface area contributed by atoms with Gasteiger partial charge in [0.15, 0.2) is 0 Å². The largest absolute Gasteiger partial charge is 0.493 e. The summed E-state index contributed by atoms with van der Waals surface area (Å²) in [6.07, 6.45) is -3.17. The molecule has 0 aliphatic heterocycles. The maximum absolute atomic E-state index is 12.8. The van der Waals surface area contributed by atoms with E-state index in [-0.39, 0.29) is 12.4 Å². The van der Waals surface area contributed by atoms with Gasteiger partial charge in [-0.1, -0.05) is 24.3 Å². The smallest absolute Gasteiger partial charge is 0.419 e. The van der Waals surface area contributed by atoms with Gasteiger partial charge in [0.1, 0.15) is 11.5 Å². The normalized spacial score (nSPS) is 11.3. The Balaban J connectivity index is 1.73. The summed E-state index contributed by atoms with van der Waals surface area (Å²) in [7, 11) is 0. The predicted octanol–water partition coefficient (Wildman–Crippen LogP) is 4.53. The average Bonchev–Trinajstić information content (AvgIpc) is 2.52. The summed E-state index contributed by atoms with van der Waals surface area (Å²) >= 11 is 0. The Hall–Kier alpha value is -2.37. The first kappa shape index (κ1) is 17.0. The van der Waals surface area contributed by atoms with Gasteiger partial charge >= 0.3 is 6.18 Å². The van der Waals surface area contributed by atoms with Crippen molar-refractivity contribution in [3.8, 4) is 11.5 Å². The van der Waals surface area contributed by atoms with Crippen molar-refractivity contribution in [1.82, 2.24) is 0 Å². The Bertz CT molecular complexity index is 629. The molecule has 0 spiro atoms. The van der Waals surface area contributed by atoms with Gasteiger partial charge in [-0.3, -0.25) is 0 Å². The number of unbranched alkanes of at least 4 members (excludes halogenated alkanes) is 1. The highest BCUT2D eigenvalue weighted by molar-refractivity contribution is 5.51. The van der Waals surface area contributed by atoms with Crippen LogP contribution in [0.1, 0.15) is 18.4 Å². The molecule has 2 aromatic carbocycles. The van der Waals surface area contributed by atoms with Gasteiger partial charge in [-0.2, -0.15) is 13.2 Å². The molecule has 0 aliphatic carbocycles. The van der Waals surface area contributed by atoms with Crippen molar-refractivity contribution in [3.63, 3.8) is 0 Å². The molecule has 2 aromatic rings. The third kappa shape index (κ3) is 5.09. The van der Waals surface area contributed by atoms with Crippen molar-refractivity contribution in [3.05, 3.63) is 54.1 Å². The number of benzene rings is 2. The van der Waals surface area contributed by atoms with Crippen molar-refractivity contribution >= 4 is 5.69 Å². The van der Waals surface area contributed by atoms with Crippen LogP contribution in [-0.4, -0.2) is 13.2 Å². The number of nitrogen functional groups attached to an aromatic ring is 1. The molecule has 0 fully saturated rings. The van der Waals surface area contributed by atoms with E-state index >= 15 is 0 Å². The number of ether oxygens (including phenoxy) is 2. The van der Waals surface area contributed by atoms with E-state index in [4.69, 9.17) is 15.2 Å². The van der Waals surface area contributed by atoms with Crippen LogP contribution in [0.3, 0.4) is 0 Å². The number of anilines is 1. The zero-order valence-corrected chi connectivity index (χ0v) is 12.5. The maximum Gasteiger partial charge on any atom is 0.419 e. The molecule has 6 heteroatoms. The van der Waals surface area contributed by atoms with Crippen molar-refractivity contribution < 1.29 is 22.6 Å². The molecular formula is C17H18F3NO2. The molecule has 3 nitrogen and oxygen atoms in total. The second-order valence-corrected chi connectivity index (χ2v) is 4.94. The van der Waals surface area contributed by atoms with Gasteiger partial charge in [0, 0.05) is 0 Å². The number of hydrogen-bond acceptors (Lipinski definition) is 3. The fourth-order valence-corrected chi connectivity index (χ4v) is 2.01. The van der Waals surface area contributed by atoms with Crippen LogP contribution >= 0.6 is 0 Å². The van der Waals surface area contributed by atoms with E-state index in [1.54, 1.807) is 12.1 Å². The average molecular weight is 325 g/mol. The molecule has 0 aromatic heterocycles. The van der Waals surface area contributed by atoms with E-state index in [9.17, 15) is 13.2 Å². The summed E-state index contributed by atoms with van der Waals surface area (Å²) in [5.74, 6) is 0.462. The van der Waals surface area contributed by atoms with Crippen molar-refractivity contribution in [2.45, 2.75) is 19.0 Å². The number of nitrogens with two attached hydrogens (primary N) is 1. The zero-order chi connectivity index (χ0) is 16.7. The van der Waals surface area contributed by atoms with Crippen LogP contribution in [0.25, 0.3) is 0 Å². The molecular weight excluding hydrogens is 307 g/mol. The molecule has 0 heterocycles. The third-order valence-corrected chi connectivity index (χ3v) is 3.17. The minimum Gasteiger partial charge on any atom is -0.493 e. The highest BCUT2D eigenvalue weighted by atomic mass is 19.4. The van der Waals surface area contributed by atoms with E-state index in [1.165, 1.54) is 18.2 Å². The monoisotopic (exact) mass is 325 g/mol. The maximum atomic E-state index is 12.8. The van der Waals surface area contributed by atoms with Gasteiger partial charge in [0.05, 0.1) is 24.5 Å². The Morgan fingerprint density at radius 1 is 0.783 bits per heavy atom. The van der Waals surface area contributed by atoms with Crippen molar-refractivity contribution in [2.24, 2.45) is 0 Å². The predicted molar refractivity (Wildman–Crippen MR) is 82.5 cm³/mol. The Kier molecular flexibility index (Phi) is 5.73. The lowest BCUT2D eigenvalue weighted by atomic mass is 10.2. The Labute approximate surface area is 132 Å². The fourth-order valence-electron chi connectivity index (χ4n) is 2.01. The highest BCUT2D eigenvalue weighted by Crippen LogP contribution is 2.35. The first-order valence-corrected chi connectivity index (χ1v) is 7.25. The highest BCUT2D eigenvalue weighted by Gasteiger charge is 2.33. The van der Waals surface area contributed by atoms with Gasteiger partial charge in [0.25, 0.3) is 0 Å². The summed E-state index contributed by atoms with van der Waals surface area (Å²) in [4.78, 5) is 0. The van der Waals surface area contributed by atoms with Gasteiger partial charge in [-0.15, -0.1) is 0 Å². The molecule has 2 N–H and O–H groups in total. The number of halogens is 3. The van der Waals surface area contributed by atoms with Crippen LogP contribution < -0.4 is 15.2 Å². The van der Waals surface area contributed by atoms with Crippen LogP contribution in [0.5, 0.6) is 11.5 Å². The van der Waals surface area contributed by atoms with E-state index in [1.807, 2.05) is 12.1 Å². The van der Waals surface area contributed by atoms with Gasteiger partial charge in [0.2, 0.25) is 0 Å². The Morgan fingerprint density at radius 3 is 1.91 bits per heavy atom. The van der Waals surface area contributed by atoms with Crippen LogP contribution in [0, 0.1) is 0 Å². The van der Waals surface area contributed by atoms with Crippen LogP contribution in [0.4, 0.5) is 18.9 Å². The Morgan fingerprint density at radius 2 is 1.30 bits per heavy atom. The molecule has 2 rings (SSSR count). The molecule has 0 amide bonds. The first-order valence-electron chi connectivity index (χ1n) is 7.25. The van der Waals surface area contributed by atoms with E-state index in [0.717, 1.165) is 6.07 Å². The van der Waals surface area contributed by atoms with Crippen molar-refractivity contribution in [2.75, 3.05) is 18.9 Å². The topological polar surface area (TPSA) is 44.5 Å². The van der Waals surface area contributed by atoms with E-state index < -0.39 is 11.7 Å². The van der Waals surface area contributed by atoms with Crippen LogP contribution in [0.2, 0.25) is 0 Å². The third-order valence-electron chi connectivity index (χ3n) is 3.17. The first-order chi connectivity index (χ1) is 11.0. The van der Waals surface area contributed by atoms with Crippen LogP contribution in [0.15, 0.2) is 48.5 Å². The number of hydrogen-bond donors (Lipinski definition) is 1. The zero-order valence-electron chi connectivity index (χ0n) is 12.5. The van der Waals surface area contributed by atoms with Crippen molar-refractivity contribution in [1.29, 1.82) is 0 Å². The minimum absolute atomic E-state index is 0.145. The number of para-hydroxylation sites is 3. The van der Waals surface area contributed by atoms with Gasteiger partial charge in [-0.25, -0.2) is 0 Å².